The molecule has 0 saturated heterocycles. The third-order valence-electron chi connectivity index (χ3n) is 2.05. The van der Waals surface area contributed by atoms with E-state index in [2.05, 4.69) is 20.9 Å². The molecule has 0 aromatic carbocycles. The summed E-state index contributed by atoms with van der Waals surface area (Å²) in [6.45, 7) is -0.310. The van der Waals surface area contributed by atoms with Gasteiger partial charge < -0.3 is 9.51 Å². The number of hydrogen-bond donors (Lipinski definition) is 1. The summed E-state index contributed by atoms with van der Waals surface area (Å²) in [5.74, 6) is 0. The van der Waals surface area contributed by atoms with Gasteiger partial charge in [0.05, 0.1) is 22.3 Å². The molecule has 0 aliphatic carbocycles. The van der Waals surface area contributed by atoms with E-state index in [0.717, 1.165) is 12.3 Å². The molecule has 0 atom stereocenters. The first kappa shape index (κ1) is 11.4. The van der Waals surface area contributed by atoms with Crippen molar-refractivity contribution in [1.82, 2.24) is 9.38 Å². The van der Waals surface area contributed by atoms with Crippen LogP contribution in [0.5, 0.6) is 0 Å². The van der Waals surface area contributed by atoms with E-state index in [1.165, 1.54) is 10.6 Å². The number of aliphatic hydroxyl groups is 1. The van der Waals surface area contributed by atoms with Crippen LogP contribution < -0.4 is 0 Å². The van der Waals surface area contributed by atoms with E-state index in [-0.39, 0.29) is 11.1 Å². The highest BCUT2D eigenvalue weighted by atomic mass is 79.9. The number of pyridine rings is 1. The van der Waals surface area contributed by atoms with Gasteiger partial charge in [-0.25, -0.2) is 4.98 Å². The minimum Gasteiger partial charge on any atom is -0.390 e. The molecular formula is C9H6BrF3N2O. The van der Waals surface area contributed by atoms with Crippen molar-refractivity contribution in [2.24, 2.45) is 0 Å². The highest BCUT2D eigenvalue weighted by Gasteiger charge is 2.31. The van der Waals surface area contributed by atoms with Gasteiger partial charge in [-0.2, -0.15) is 13.2 Å². The van der Waals surface area contributed by atoms with E-state index >= 15 is 0 Å². The van der Waals surface area contributed by atoms with Crippen LogP contribution >= 0.6 is 15.9 Å². The molecule has 0 saturated carbocycles. The number of hydrogen-bond acceptors (Lipinski definition) is 2. The van der Waals surface area contributed by atoms with E-state index < -0.39 is 11.7 Å². The minimum atomic E-state index is -4.40. The second-order valence-electron chi connectivity index (χ2n) is 3.20. The third kappa shape index (κ3) is 1.92. The molecule has 0 radical (unpaired) electrons. The van der Waals surface area contributed by atoms with Crippen molar-refractivity contribution in [3.63, 3.8) is 0 Å². The summed E-state index contributed by atoms with van der Waals surface area (Å²) in [7, 11) is 0. The SMILES string of the molecule is OCc1cn2cc(C(F)(F)F)cc(Br)c2n1. The lowest BCUT2D eigenvalue weighted by Crippen LogP contribution is -2.06. The van der Waals surface area contributed by atoms with Crippen molar-refractivity contribution in [2.75, 3.05) is 0 Å². The fraction of sp³-hybridized carbons (Fsp3) is 0.222. The van der Waals surface area contributed by atoms with Crippen LogP contribution in [-0.2, 0) is 12.8 Å². The molecule has 7 heteroatoms. The van der Waals surface area contributed by atoms with Gasteiger partial charge in [0.2, 0.25) is 0 Å². The van der Waals surface area contributed by atoms with Gasteiger partial charge in [-0.1, -0.05) is 0 Å². The molecule has 0 aliphatic rings. The topological polar surface area (TPSA) is 37.5 Å². The zero-order valence-electron chi connectivity index (χ0n) is 7.79. The summed E-state index contributed by atoms with van der Waals surface area (Å²) in [6.07, 6.45) is -2.11. The van der Waals surface area contributed by atoms with E-state index in [9.17, 15) is 13.2 Å². The number of rotatable bonds is 1. The Bertz CT molecular complexity index is 535. The second-order valence-corrected chi connectivity index (χ2v) is 4.05. The lowest BCUT2D eigenvalue weighted by Gasteiger charge is -2.07. The number of halogens is 4. The molecule has 2 aromatic heterocycles. The van der Waals surface area contributed by atoms with Gasteiger partial charge >= 0.3 is 6.18 Å². The Morgan fingerprint density at radius 2 is 2.06 bits per heavy atom. The Labute approximate surface area is 96.7 Å². The normalized spacial score (nSPS) is 12.3. The van der Waals surface area contributed by atoms with Crippen LogP contribution in [0.3, 0.4) is 0 Å². The van der Waals surface area contributed by atoms with Crippen LogP contribution in [0, 0.1) is 0 Å². The van der Waals surface area contributed by atoms with Crippen molar-refractivity contribution in [1.29, 1.82) is 0 Å². The molecule has 86 valence electrons. The standard InChI is InChI=1S/C9H6BrF3N2O/c10-7-1-5(9(11,12)13)2-15-3-6(4-16)14-8(7)15/h1-3,16H,4H2. The van der Waals surface area contributed by atoms with E-state index in [4.69, 9.17) is 5.11 Å². The van der Waals surface area contributed by atoms with E-state index in [1.54, 1.807) is 0 Å². The van der Waals surface area contributed by atoms with Crippen molar-refractivity contribution in [3.05, 3.63) is 34.2 Å². The lowest BCUT2D eigenvalue weighted by atomic mass is 10.3. The van der Waals surface area contributed by atoms with Crippen molar-refractivity contribution >= 4 is 21.6 Å². The van der Waals surface area contributed by atoms with Crippen LogP contribution in [0.25, 0.3) is 5.65 Å². The fourth-order valence-corrected chi connectivity index (χ4v) is 1.88. The first-order valence-electron chi connectivity index (χ1n) is 4.27. The van der Waals surface area contributed by atoms with Gasteiger partial charge in [0, 0.05) is 12.4 Å². The Hall–Kier alpha value is -1.08. The highest BCUT2D eigenvalue weighted by Crippen LogP contribution is 2.32. The maximum absolute atomic E-state index is 12.5. The number of fused-ring (bicyclic) bond motifs is 1. The van der Waals surface area contributed by atoms with Crippen LogP contribution in [-0.4, -0.2) is 14.5 Å². The summed E-state index contributed by atoms with van der Waals surface area (Å²) in [4.78, 5) is 3.95. The molecule has 3 nitrogen and oxygen atoms in total. The molecule has 0 amide bonds. The molecule has 2 aromatic rings. The van der Waals surface area contributed by atoms with Crippen molar-refractivity contribution < 1.29 is 18.3 Å². The number of aromatic nitrogens is 2. The van der Waals surface area contributed by atoms with Gasteiger partial charge in [-0.15, -0.1) is 0 Å². The van der Waals surface area contributed by atoms with Gasteiger partial charge in [0.25, 0.3) is 0 Å². The number of nitrogens with zero attached hydrogens (tertiary/aromatic N) is 2. The first-order valence-corrected chi connectivity index (χ1v) is 5.06. The molecule has 0 unspecified atom stereocenters. The van der Waals surface area contributed by atoms with Crippen LogP contribution in [0.1, 0.15) is 11.3 Å². The van der Waals surface area contributed by atoms with Gasteiger partial charge in [-0.3, -0.25) is 0 Å². The molecule has 2 rings (SSSR count). The fourth-order valence-electron chi connectivity index (χ4n) is 1.34. The summed E-state index contributed by atoms with van der Waals surface area (Å²) in [5, 5.41) is 8.85. The monoisotopic (exact) mass is 294 g/mol. The maximum atomic E-state index is 12.5. The highest BCUT2D eigenvalue weighted by molar-refractivity contribution is 9.10. The van der Waals surface area contributed by atoms with Crippen LogP contribution in [0.2, 0.25) is 0 Å². The summed E-state index contributed by atoms with van der Waals surface area (Å²) >= 11 is 3.02. The number of alkyl halides is 3. The average Bonchev–Trinajstić information content (AvgIpc) is 2.59. The van der Waals surface area contributed by atoms with Crippen molar-refractivity contribution in [3.8, 4) is 0 Å². The molecule has 16 heavy (non-hydrogen) atoms. The number of aliphatic hydroxyl groups excluding tert-OH is 1. The van der Waals surface area contributed by atoms with Crippen LogP contribution in [0.4, 0.5) is 13.2 Å². The molecule has 0 spiro atoms. The van der Waals surface area contributed by atoms with Crippen LogP contribution in [0.15, 0.2) is 22.9 Å². The number of imidazole rings is 1. The second kappa shape index (κ2) is 3.74. The van der Waals surface area contributed by atoms with Gasteiger partial charge in [0.1, 0.15) is 0 Å². The smallest absolute Gasteiger partial charge is 0.390 e. The molecule has 0 bridgehead atoms. The van der Waals surface area contributed by atoms with Crippen molar-refractivity contribution in [2.45, 2.75) is 12.8 Å². The molecule has 2 heterocycles. The Kier molecular flexibility index (Phi) is 2.67. The maximum Gasteiger partial charge on any atom is 0.417 e. The predicted octanol–water partition coefficient (Wildman–Crippen LogP) is 2.61. The molecular weight excluding hydrogens is 289 g/mol. The summed E-state index contributed by atoms with van der Waals surface area (Å²) in [6, 6.07) is 0.962. The molecule has 0 aliphatic heterocycles. The Morgan fingerprint density at radius 3 is 2.62 bits per heavy atom. The van der Waals surface area contributed by atoms with E-state index in [0.29, 0.717) is 11.3 Å². The Balaban J connectivity index is 2.67. The first-order chi connectivity index (χ1) is 7.41. The zero-order valence-corrected chi connectivity index (χ0v) is 9.38. The lowest BCUT2D eigenvalue weighted by molar-refractivity contribution is -0.137. The molecule has 1 N–H and O–H groups in total. The Morgan fingerprint density at radius 1 is 1.38 bits per heavy atom. The average molecular weight is 295 g/mol. The zero-order chi connectivity index (χ0) is 11.9. The summed E-state index contributed by atoms with van der Waals surface area (Å²) < 4.78 is 38.9. The predicted molar refractivity (Wildman–Crippen MR) is 53.8 cm³/mol. The molecule has 0 fully saturated rings. The van der Waals surface area contributed by atoms with E-state index in [1.807, 2.05) is 0 Å². The third-order valence-corrected chi connectivity index (χ3v) is 2.63. The van der Waals surface area contributed by atoms with Gasteiger partial charge in [0.15, 0.2) is 5.65 Å². The quantitative estimate of drug-likeness (QED) is 0.878. The van der Waals surface area contributed by atoms with Gasteiger partial charge in [-0.05, 0) is 22.0 Å². The summed E-state index contributed by atoms with van der Waals surface area (Å²) in [5.41, 5.74) is -0.106. The largest absolute Gasteiger partial charge is 0.417 e. The minimum absolute atomic E-state index is 0.238.